The van der Waals surface area contributed by atoms with Crippen LogP contribution in [0.4, 0.5) is 5.69 Å². The third-order valence-corrected chi connectivity index (χ3v) is 3.67. The fourth-order valence-electron chi connectivity index (χ4n) is 2.47. The standard InChI is InChI=1S/C15H21NO2/c1-10-3-5-12(6-4-10)18-13-7-8-14(11(2)17)15(16)9-13/h7-10,12H,3-6,16H2,1-2H3. The summed E-state index contributed by atoms with van der Waals surface area (Å²) in [6, 6.07) is 5.35. The Labute approximate surface area is 108 Å². The molecule has 0 amide bonds. The highest BCUT2D eigenvalue weighted by molar-refractivity contribution is 5.99. The molecule has 0 atom stereocenters. The smallest absolute Gasteiger partial charge is 0.161 e. The minimum Gasteiger partial charge on any atom is -0.490 e. The summed E-state index contributed by atoms with van der Waals surface area (Å²) < 4.78 is 5.93. The SMILES string of the molecule is CC(=O)c1ccc(OC2CCC(C)CC2)cc1N. The number of carbonyl (C=O) groups is 1. The monoisotopic (exact) mass is 247 g/mol. The Morgan fingerprint density at radius 1 is 1.28 bits per heavy atom. The second-order valence-corrected chi connectivity index (χ2v) is 5.30. The Balaban J connectivity index is 2.02. The topological polar surface area (TPSA) is 52.3 Å². The van der Waals surface area contributed by atoms with Gasteiger partial charge in [-0.2, -0.15) is 0 Å². The first-order valence-electron chi connectivity index (χ1n) is 6.63. The van der Waals surface area contributed by atoms with Crippen LogP contribution in [0, 0.1) is 5.92 Å². The van der Waals surface area contributed by atoms with Gasteiger partial charge in [-0.25, -0.2) is 0 Å². The van der Waals surface area contributed by atoms with Crippen molar-refractivity contribution in [3.05, 3.63) is 23.8 Å². The molecule has 0 heterocycles. The van der Waals surface area contributed by atoms with Gasteiger partial charge in [0.1, 0.15) is 5.75 Å². The van der Waals surface area contributed by atoms with Gasteiger partial charge in [-0.1, -0.05) is 6.92 Å². The third kappa shape index (κ3) is 3.03. The summed E-state index contributed by atoms with van der Waals surface area (Å²) in [5, 5.41) is 0. The molecular formula is C15H21NO2. The van der Waals surface area contributed by atoms with Crippen molar-refractivity contribution in [2.45, 2.75) is 45.6 Å². The van der Waals surface area contributed by atoms with Crippen LogP contribution in [-0.2, 0) is 0 Å². The van der Waals surface area contributed by atoms with Crippen molar-refractivity contribution in [3.8, 4) is 5.75 Å². The lowest BCUT2D eigenvalue weighted by atomic mass is 9.89. The molecule has 0 unspecified atom stereocenters. The molecule has 1 aliphatic carbocycles. The van der Waals surface area contributed by atoms with Crippen molar-refractivity contribution >= 4 is 11.5 Å². The molecule has 1 aromatic rings. The first kappa shape index (κ1) is 12.9. The van der Waals surface area contributed by atoms with Crippen molar-refractivity contribution in [1.29, 1.82) is 0 Å². The average molecular weight is 247 g/mol. The number of carbonyl (C=O) groups excluding carboxylic acids is 1. The van der Waals surface area contributed by atoms with E-state index in [0.29, 0.717) is 17.4 Å². The van der Waals surface area contributed by atoms with Crippen molar-refractivity contribution < 1.29 is 9.53 Å². The van der Waals surface area contributed by atoms with Gasteiger partial charge in [0, 0.05) is 17.3 Å². The van der Waals surface area contributed by atoms with E-state index in [1.807, 2.05) is 6.07 Å². The number of Topliss-reactive ketones (excluding diaryl/α,β-unsaturated/α-hetero) is 1. The second kappa shape index (κ2) is 5.42. The number of anilines is 1. The van der Waals surface area contributed by atoms with Gasteiger partial charge in [0.25, 0.3) is 0 Å². The van der Waals surface area contributed by atoms with Crippen molar-refractivity contribution in [3.63, 3.8) is 0 Å². The number of nitrogens with two attached hydrogens (primary N) is 1. The molecule has 1 aliphatic rings. The van der Waals surface area contributed by atoms with Crippen LogP contribution in [0.15, 0.2) is 18.2 Å². The molecular weight excluding hydrogens is 226 g/mol. The third-order valence-electron chi connectivity index (χ3n) is 3.67. The molecule has 1 saturated carbocycles. The van der Waals surface area contributed by atoms with Crippen LogP contribution < -0.4 is 10.5 Å². The summed E-state index contributed by atoms with van der Waals surface area (Å²) in [6.45, 7) is 3.81. The lowest BCUT2D eigenvalue weighted by Crippen LogP contribution is -2.23. The van der Waals surface area contributed by atoms with E-state index in [1.165, 1.54) is 19.8 Å². The number of rotatable bonds is 3. The summed E-state index contributed by atoms with van der Waals surface area (Å²) >= 11 is 0. The maximum Gasteiger partial charge on any atom is 0.161 e. The molecule has 0 spiro atoms. The molecule has 0 aromatic heterocycles. The fraction of sp³-hybridized carbons (Fsp3) is 0.533. The number of ether oxygens (including phenoxy) is 1. The van der Waals surface area contributed by atoms with E-state index in [4.69, 9.17) is 10.5 Å². The highest BCUT2D eigenvalue weighted by Gasteiger charge is 2.19. The molecule has 2 rings (SSSR count). The Morgan fingerprint density at radius 2 is 1.94 bits per heavy atom. The minimum atomic E-state index is -0.00876. The number of nitrogen functional groups attached to an aromatic ring is 1. The molecule has 98 valence electrons. The van der Waals surface area contributed by atoms with Crippen LogP contribution in [0.25, 0.3) is 0 Å². The first-order chi connectivity index (χ1) is 8.56. The van der Waals surface area contributed by atoms with E-state index >= 15 is 0 Å². The van der Waals surface area contributed by atoms with Crippen molar-refractivity contribution in [2.24, 2.45) is 5.92 Å². The Hall–Kier alpha value is -1.51. The Bertz CT molecular complexity index is 434. The van der Waals surface area contributed by atoms with Gasteiger partial charge >= 0.3 is 0 Å². The molecule has 3 heteroatoms. The minimum absolute atomic E-state index is 0.00876. The van der Waals surface area contributed by atoms with Gasteiger partial charge < -0.3 is 10.5 Å². The van der Waals surface area contributed by atoms with E-state index in [0.717, 1.165) is 24.5 Å². The number of hydrogen-bond donors (Lipinski definition) is 1. The fourth-order valence-corrected chi connectivity index (χ4v) is 2.47. The van der Waals surface area contributed by atoms with Crippen LogP contribution in [0.1, 0.15) is 49.9 Å². The highest BCUT2D eigenvalue weighted by Crippen LogP contribution is 2.28. The Morgan fingerprint density at radius 3 is 2.50 bits per heavy atom. The molecule has 0 aliphatic heterocycles. The summed E-state index contributed by atoms with van der Waals surface area (Å²) in [6.07, 6.45) is 4.96. The Kier molecular flexibility index (Phi) is 3.90. The highest BCUT2D eigenvalue weighted by atomic mass is 16.5. The average Bonchev–Trinajstić information content (AvgIpc) is 2.32. The molecule has 1 fully saturated rings. The van der Waals surface area contributed by atoms with Crippen LogP contribution in [-0.4, -0.2) is 11.9 Å². The van der Waals surface area contributed by atoms with Gasteiger partial charge in [0.15, 0.2) is 5.78 Å². The van der Waals surface area contributed by atoms with Crippen LogP contribution in [0.5, 0.6) is 5.75 Å². The molecule has 3 nitrogen and oxygen atoms in total. The first-order valence-corrected chi connectivity index (χ1v) is 6.63. The maximum atomic E-state index is 11.3. The number of hydrogen-bond acceptors (Lipinski definition) is 3. The van der Waals surface area contributed by atoms with Gasteiger partial charge in [-0.05, 0) is 50.7 Å². The largest absolute Gasteiger partial charge is 0.490 e. The van der Waals surface area contributed by atoms with Crippen molar-refractivity contribution in [1.82, 2.24) is 0 Å². The van der Waals surface area contributed by atoms with Crippen molar-refractivity contribution in [2.75, 3.05) is 5.73 Å². The van der Waals surface area contributed by atoms with Gasteiger partial charge in [-0.3, -0.25) is 4.79 Å². The van der Waals surface area contributed by atoms with Gasteiger partial charge in [0.2, 0.25) is 0 Å². The predicted molar refractivity (Wildman–Crippen MR) is 72.9 cm³/mol. The van der Waals surface area contributed by atoms with E-state index in [9.17, 15) is 4.79 Å². The van der Waals surface area contributed by atoms with Gasteiger partial charge in [0.05, 0.1) is 6.10 Å². The van der Waals surface area contributed by atoms with Crippen LogP contribution in [0.2, 0.25) is 0 Å². The lowest BCUT2D eigenvalue weighted by molar-refractivity contribution is 0.101. The molecule has 1 aromatic carbocycles. The summed E-state index contributed by atoms with van der Waals surface area (Å²) in [5.74, 6) is 1.58. The normalized spacial score (nSPS) is 23.7. The van der Waals surface area contributed by atoms with E-state index < -0.39 is 0 Å². The zero-order valence-corrected chi connectivity index (χ0v) is 11.1. The summed E-state index contributed by atoms with van der Waals surface area (Å²) in [7, 11) is 0. The lowest BCUT2D eigenvalue weighted by Gasteiger charge is -2.27. The second-order valence-electron chi connectivity index (χ2n) is 5.30. The molecule has 2 N–H and O–H groups in total. The van der Waals surface area contributed by atoms with Gasteiger partial charge in [-0.15, -0.1) is 0 Å². The van der Waals surface area contributed by atoms with E-state index in [2.05, 4.69) is 6.92 Å². The van der Waals surface area contributed by atoms with E-state index in [1.54, 1.807) is 12.1 Å². The number of benzene rings is 1. The van der Waals surface area contributed by atoms with Crippen LogP contribution in [0.3, 0.4) is 0 Å². The van der Waals surface area contributed by atoms with E-state index in [-0.39, 0.29) is 5.78 Å². The predicted octanol–water partition coefficient (Wildman–Crippen LogP) is 3.43. The summed E-state index contributed by atoms with van der Waals surface area (Å²) in [5.41, 5.74) is 6.92. The molecule has 0 saturated heterocycles. The zero-order valence-electron chi connectivity index (χ0n) is 11.1. The zero-order chi connectivity index (χ0) is 13.1. The molecule has 18 heavy (non-hydrogen) atoms. The van der Waals surface area contributed by atoms with Crippen LogP contribution >= 0.6 is 0 Å². The quantitative estimate of drug-likeness (QED) is 0.657. The number of ketones is 1. The molecule has 0 radical (unpaired) electrons. The summed E-state index contributed by atoms with van der Waals surface area (Å²) in [4.78, 5) is 11.3. The molecule has 0 bridgehead atoms. The maximum absolute atomic E-state index is 11.3.